The molecule has 1 saturated heterocycles. The number of piperazine rings is 1. The largest absolute Gasteiger partial charge is 0.369 e. The van der Waals surface area contributed by atoms with Crippen molar-refractivity contribution in [3.05, 3.63) is 72.8 Å². The number of guanidine groups is 1. The fourth-order valence-electron chi connectivity index (χ4n) is 3.39. The Morgan fingerprint density at radius 2 is 1.46 bits per heavy atom. The van der Waals surface area contributed by atoms with E-state index in [-0.39, 0.29) is 10.9 Å². The quantitative estimate of drug-likeness (QED) is 0.546. The average Bonchev–Trinajstić information content (AvgIpc) is 2.74. The highest BCUT2D eigenvalue weighted by atomic mass is 32.2. The molecule has 0 aliphatic carbocycles. The van der Waals surface area contributed by atoms with Gasteiger partial charge in [0.25, 0.3) is 10.0 Å². The Kier molecular flexibility index (Phi) is 4.92. The number of fused-ring (bicyclic) bond motifs is 1. The molecule has 0 unspecified atom stereocenters. The van der Waals surface area contributed by atoms with Gasteiger partial charge in [-0.2, -0.15) is 8.42 Å². The molecule has 0 bridgehead atoms. The summed E-state index contributed by atoms with van der Waals surface area (Å²) in [5.74, 6) is 0.0425. The first-order valence-corrected chi connectivity index (χ1v) is 10.6. The van der Waals surface area contributed by atoms with E-state index >= 15 is 0 Å². The van der Waals surface area contributed by atoms with Crippen molar-refractivity contribution in [1.29, 1.82) is 0 Å². The minimum absolute atomic E-state index is 0.0425. The summed E-state index contributed by atoms with van der Waals surface area (Å²) in [7, 11) is -3.86. The normalized spacial score (nSPS) is 15.8. The van der Waals surface area contributed by atoms with Crippen LogP contribution in [0.4, 0.5) is 5.69 Å². The third kappa shape index (κ3) is 3.80. The van der Waals surface area contributed by atoms with E-state index in [1.165, 1.54) is 0 Å². The second-order valence-electron chi connectivity index (χ2n) is 6.74. The summed E-state index contributed by atoms with van der Waals surface area (Å²) < 4.78 is 29.3. The molecular weight excluding hydrogens is 372 g/mol. The van der Waals surface area contributed by atoms with Gasteiger partial charge in [-0.3, -0.25) is 0 Å². The third-order valence-corrected chi connectivity index (χ3v) is 6.23. The summed E-state index contributed by atoms with van der Waals surface area (Å²) >= 11 is 0. The highest BCUT2D eigenvalue weighted by molar-refractivity contribution is 7.90. The van der Waals surface area contributed by atoms with Crippen molar-refractivity contribution in [3.8, 4) is 0 Å². The number of hydrogen-bond donors (Lipinski definition) is 1. The van der Waals surface area contributed by atoms with Gasteiger partial charge in [0.05, 0.1) is 4.90 Å². The zero-order chi connectivity index (χ0) is 19.6. The molecule has 28 heavy (non-hydrogen) atoms. The fraction of sp³-hybridized carbons (Fsp3) is 0.190. The number of para-hydroxylation sites is 1. The van der Waals surface area contributed by atoms with E-state index in [4.69, 9.17) is 5.73 Å². The van der Waals surface area contributed by atoms with Crippen molar-refractivity contribution in [2.75, 3.05) is 31.1 Å². The summed E-state index contributed by atoms with van der Waals surface area (Å²) in [5.41, 5.74) is 7.20. The molecule has 0 amide bonds. The van der Waals surface area contributed by atoms with Crippen LogP contribution in [0.1, 0.15) is 0 Å². The summed E-state index contributed by atoms with van der Waals surface area (Å²) in [6, 6.07) is 22.7. The molecule has 2 N–H and O–H groups in total. The number of anilines is 1. The molecule has 0 aromatic heterocycles. The number of sulfonamides is 1. The predicted octanol–water partition coefficient (Wildman–Crippen LogP) is 2.67. The Morgan fingerprint density at radius 3 is 2.18 bits per heavy atom. The molecule has 1 aliphatic heterocycles. The fourth-order valence-corrected chi connectivity index (χ4v) is 4.38. The van der Waals surface area contributed by atoms with Gasteiger partial charge >= 0.3 is 0 Å². The molecular formula is C21H22N4O2S. The van der Waals surface area contributed by atoms with Gasteiger partial charge in [-0.1, -0.05) is 48.5 Å². The van der Waals surface area contributed by atoms with Gasteiger partial charge < -0.3 is 15.5 Å². The van der Waals surface area contributed by atoms with E-state index in [2.05, 4.69) is 21.4 Å². The number of nitrogens with two attached hydrogens (primary N) is 1. The Morgan fingerprint density at radius 1 is 0.821 bits per heavy atom. The number of hydrogen-bond acceptors (Lipinski definition) is 3. The van der Waals surface area contributed by atoms with Crippen molar-refractivity contribution in [1.82, 2.24) is 4.90 Å². The number of nitrogens with zero attached hydrogens (tertiary/aromatic N) is 3. The zero-order valence-electron chi connectivity index (χ0n) is 15.4. The van der Waals surface area contributed by atoms with Crippen LogP contribution < -0.4 is 10.6 Å². The maximum Gasteiger partial charge on any atom is 0.285 e. The molecule has 0 atom stereocenters. The van der Waals surface area contributed by atoms with E-state index in [9.17, 15) is 8.42 Å². The van der Waals surface area contributed by atoms with E-state index in [0.717, 1.165) is 29.5 Å². The zero-order valence-corrected chi connectivity index (χ0v) is 16.2. The van der Waals surface area contributed by atoms with Crippen LogP contribution in [0.3, 0.4) is 0 Å². The van der Waals surface area contributed by atoms with Crippen LogP contribution in [-0.2, 0) is 10.0 Å². The highest BCUT2D eigenvalue weighted by Gasteiger charge is 2.21. The van der Waals surface area contributed by atoms with Crippen LogP contribution in [0.2, 0.25) is 0 Å². The van der Waals surface area contributed by atoms with Crippen molar-refractivity contribution in [3.63, 3.8) is 0 Å². The Balaban J connectivity index is 1.50. The predicted molar refractivity (Wildman–Crippen MR) is 113 cm³/mol. The molecule has 3 aromatic rings. The van der Waals surface area contributed by atoms with Crippen LogP contribution >= 0.6 is 0 Å². The van der Waals surface area contributed by atoms with Crippen molar-refractivity contribution in [2.45, 2.75) is 4.90 Å². The molecule has 3 aromatic carbocycles. The number of rotatable bonds is 3. The van der Waals surface area contributed by atoms with Crippen molar-refractivity contribution >= 4 is 32.4 Å². The van der Waals surface area contributed by atoms with Gasteiger partial charge in [-0.15, -0.1) is 4.40 Å². The van der Waals surface area contributed by atoms with Gasteiger partial charge in [0.15, 0.2) is 0 Å². The monoisotopic (exact) mass is 394 g/mol. The molecule has 144 valence electrons. The van der Waals surface area contributed by atoms with Gasteiger partial charge in [0.1, 0.15) is 0 Å². The standard InChI is InChI=1S/C21H22N4O2S/c22-21(25-14-12-24(13-15-25)19-8-2-1-3-9-19)23-28(26,27)20-11-10-17-6-4-5-7-18(17)16-20/h1-11,16H,12-15H2,(H2,22,23). The Labute approximate surface area is 165 Å². The first-order chi connectivity index (χ1) is 13.5. The lowest BCUT2D eigenvalue weighted by Crippen LogP contribution is -2.51. The summed E-state index contributed by atoms with van der Waals surface area (Å²) in [6.07, 6.45) is 0. The van der Waals surface area contributed by atoms with Crippen LogP contribution in [0.5, 0.6) is 0 Å². The van der Waals surface area contributed by atoms with Gasteiger partial charge in [-0.25, -0.2) is 0 Å². The van der Waals surface area contributed by atoms with E-state index in [1.807, 2.05) is 47.4 Å². The van der Waals surface area contributed by atoms with E-state index < -0.39 is 10.0 Å². The smallest absolute Gasteiger partial charge is 0.285 e. The summed E-state index contributed by atoms with van der Waals surface area (Å²) in [6.45, 7) is 2.77. The maximum atomic E-state index is 12.7. The highest BCUT2D eigenvalue weighted by Crippen LogP contribution is 2.21. The second-order valence-corrected chi connectivity index (χ2v) is 8.35. The van der Waals surface area contributed by atoms with Gasteiger partial charge in [0, 0.05) is 31.9 Å². The molecule has 1 heterocycles. The van der Waals surface area contributed by atoms with Gasteiger partial charge in [0.2, 0.25) is 5.96 Å². The molecule has 6 nitrogen and oxygen atoms in total. The van der Waals surface area contributed by atoms with Crippen molar-refractivity contribution < 1.29 is 8.42 Å². The Hall–Kier alpha value is -3.06. The molecule has 0 spiro atoms. The topological polar surface area (TPSA) is 79.0 Å². The SMILES string of the molecule is NC(=NS(=O)(=O)c1ccc2ccccc2c1)N1CCN(c2ccccc2)CC1. The van der Waals surface area contributed by atoms with Crippen LogP contribution in [-0.4, -0.2) is 45.5 Å². The first-order valence-electron chi connectivity index (χ1n) is 9.17. The molecule has 0 radical (unpaired) electrons. The molecule has 4 rings (SSSR count). The first kappa shape index (κ1) is 18.3. The molecule has 7 heteroatoms. The molecule has 1 fully saturated rings. The third-order valence-electron chi connectivity index (χ3n) is 4.96. The molecule has 0 saturated carbocycles. The average molecular weight is 395 g/mol. The number of benzene rings is 3. The second kappa shape index (κ2) is 7.52. The minimum Gasteiger partial charge on any atom is -0.369 e. The van der Waals surface area contributed by atoms with Crippen molar-refractivity contribution in [2.24, 2.45) is 10.1 Å². The summed E-state index contributed by atoms with van der Waals surface area (Å²) in [5, 5.41) is 1.84. The Bertz CT molecular complexity index is 1110. The van der Waals surface area contributed by atoms with Crippen LogP contribution in [0.15, 0.2) is 82.1 Å². The van der Waals surface area contributed by atoms with Gasteiger partial charge in [-0.05, 0) is 35.0 Å². The lowest BCUT2D eigenvalue weighted by Gasteiger charge is -2.36. The van der Waals surface area contributed by atoms with Crippen LogP contribution in [0.25, 0.3) is 10.8 Å². The maximum absolute atomic E-state index is 12.7. The molecule has 1 aliphatic rings. The summed E-state index contributed by atoms with van der Waals surface area (Å²) in [4.78, 5) is 4.22. The lowest BCUT2D eigenvalue weighted by atomic mass is 10.1. The van der Waals surface area contributed by atoms with E-state index in [1.54, 1.807) is 18.2 Å². The van der Waals surface area contributed by atoms with Crippen LogP contribution in [0, 0.1) is 0 Å². The van der Waals surface area contributed by atoms with E-state index in [0.29, 0.717) is 13.1 Å². The minimum atomic E-state index is -3.86. The lowest BCUT2D eigenvalue weighted by molar-refractivity contribution is 0.382.